The Labute approximate surface area is 104 Å². The van der Waals surface area contributed by atoms with Crippen LogP contribution >= 0.6 is 0 Å². The van der Waals surface area contributed by atoms with Gasteiger partial charge in [0.1, 0.15) is 5.75 Å². The van der Waals surface area contributed by atoms with Gasteiger partial charge in [-0.05, 0) is 28.5 Å². The van der Waals surface area contributed by atoms with Crippen molar-refractivity contribution in [3.05, 3.63) is 42.0 Å². The summed E-state index contributed by atoms with van der Waals surface area (Å²) in [6.07, 6.45) is 0. The first-order chi connectivity index (χ1) is 8.41. The van der Waals surface area contributed by atoms with Gasteiger partial charge in [0.15, 0.2) is 0 Å². The van der Waals surface area contributed by atoms with Crippen LogP contribution in [0, 0.1) is 0 Å². The molecule has 0 fully saturated rings. The smallest absolute Gasteiger partial charge is 0.256 e. The van der Waals surface area contributed by atoms with Crippen LogP contribution in [0.15, 0.2) is 36.4 Å². The molecule has 0 saturated heterocycles. The molecule has 1 atom stereocenters. The van der Waals surface area contributed by atoms with E-state index in [1.165, 1.54) is 12.1 Å². The Kier molecular flexibility index (Phi) is 3.25. The lowest BCUT2D eigenvalue weighted by Gasteiger charge is -2.19. The van der Waals surface area contributed by atoms with Gasteiger partial charge in [-0.2, -0.15) is 0 Å². The second kappa shape index (κ2) is 4.56. The third kappa shape index (κ3) is 2.45. The van der Waals surface area contributed by atoms with E-state index in [9.17, 15) is 13.5 Å². The Morgan fingerprint density at radius 2 is 1.78 bits per heavy atom. The van der Waals surface area contributed by atoms with Crippen molar-refractivity contribution in [3.63, 3.8) is 0 Å². The molecule has 0 saturated carbocycles. The van der Waals surface area contributed by atoms with Crippen LogP contribution in [0.25, 0.3) is 10.8 Å². The van der Waals surface area contributed by atoms with Crippen molar-refractivity contribution in [2.45, 2.75) is 5.44 Å². The van der Waals surface area contributed by atoms with Gasteiger partial charge >= 0.3 is 0 Å². The molecule has 0 heterocycles. The van der Waals surface area contributed by atoms with Crippen LogP contribution in [0.1, 0.15) is 11.0 Å². The summed E-state index contributed by atoms with van der Waals surface area (Å²) in [5.74, 6) is 0.670. The number of fused-ring (bicyclic) bond motifs is 1. The van der Waals surface area contributed by atoms with Gasteiger partial charge in [-0.15, -0.1) is 0 Å². The van der Waals surface area contributed by atoms with Crippen molar-refractivity contribution in [1.82, 2.24) is 0 Å². The highest BCUT2D eigenvalue weighted by molar-refractivity contribution is 7.85. The molecule has 2 aromatic rings. The van der Waals surface area contributed by atoms with E-state index in [-0.39, 0.29) is 5.56 Å². The molecular weight excluding hydrogens is 256 g/mol. The normalized spacial score (nSPS) is 13.5. The van der Waals surface area contributed by atoms with E-state index in [0.29, 0.717) is 11.1 Å². The molecule has 0 aliphatic heterocycles. The van der Waals surface area contributed by atoms with E-state index >= 15 is 0 Å². The summed E-state index contributed by atoms with van der Waals surface area (Å²) in [6, 6.07) is 9.64. The Morgan fingerprint density at radius 3 is 2.39 bits per heavy atom. The Bertz CT molecular complexity index is 678. The largest absolute Gasteiger partial charge is 0.835 e. The molecular formula is C12H11O5S-. The molecule has 0 aromatic heterocycles. The van der Waals surface area contributed by atoms with E-state index in [4.69, 9.17) is 9.29 Å². The second-order valence-electron chi connectivity index (χ2n) is 3.82. The topological polar surface area (TPSA) is 86.7 Å². The summed E-state index contributed by atoms with van der Waals surface area (Å²) in [6.45, 7) is 0. The highest BCUT2D eigenvalue weighted by Gasteiger charge is 2.13. The zero-order chi connectivity index (χ0) is 13.3. The average Bonchev–Trinajstić information content (AvgIpc) is 2.35. The maximum atomic E-state index is 11.5. The van der Waals surface area contributed by atoms with Crippen molar-refractivity contribution in [2.75, 3.05) is 7.11 Å². The summed E-state index contributed by atoms with van der Waals surface area (Å²) >= 11 is 0. The summed E-state index contributed by atoms with van der Waals surface area (Å²) in [4.78, 5) is 0. The first-order valence-electron chi connectivity index (χ1n) is 5.11. The molecule has 1 N–H and O–H groups in total. The molecule has 2 rings (SSSR count). The van der Waals surface area contributed by atoms with Crippen molar-refractivity contribution < 1.29 is 22.8 Å². The van der Waals surface area contributed by atoms with Gasteiger partial charge < -0.3 is 9.84 Å². The lowest BCUT2D eigenvalue weighted by molar-refractivity contribution is -0.395. The number of methoxy groups -OCH3 is 1. The van der Waals surface area contributed by atoms with Gasteiger partial charge in [0.2, 0.25) is 0 Å². The van der Waals surface area contributed by atoms with Crippen molar-refractivity contribution >= 4 is 20.9 Å². The van der Waals surface area contributed by atoms with Crippen LogP contribution < -0.4 is 9.84 Å². The highest BCUT2D eigenvalue weighted by atomic mass is 32.2. The molecule has 0 aliphatic carbocycles. The monoisotopic (exact) mass is 267 g/mol. The maximum absolute atomic E-state index is 11.5. The number of hydrogen-bond acceptors (Lipinski definition) is 4. The van der Waals surface area contributed by atoms with E-state index in [1.54, 1.807) is 31.4 Å². The van der Waals surface area contributed by atoms with Gasteiger partial charge in [0, 0.05) is 5.44 Å². The first kappa shape index (κ1) is 12.8. The lowest BCUT2D eigenvalue weighted by Crippen LogP contribution is -2.24. The Morgan fingerprint density at radius 1 is 1.17 bits per heavy atom. The molecule has 0 aliphatic rings. The summed E-state index contributed by atoms with van der Waals surface area (Å²) in [5, 5.41) is 13.0. The number of hydrogen-bond donors (Lipinski definition) is 1. The molecule has 6 heteroatoms. The van der Waals surface area contributed by atoms with E-state index in [2.05, 4.69) is 0 Å². The fourth-order valence-electron chi connectivity index (χ4n) is 1.69. The van der Waals surface area contributed by atoms with Crippen LogP contribution in [0.3, 0.4) is 0 Å². The molecule has 1 unspecified atom stereocenters. The summed E-state index contributed by atoms with van der Waals surface area (Å²) < 4.78 is 35.4. The number of ether oxygens (including phenoxy) is 1. The van der Waals surface area contributed by atoms with E-state index in [1.807, 2.05) is 0 Å². The van der Waals surface area contributed by atoms with Crippen LogP contribution in [-0.4, -0.2) is 20.1 Å². The van der Waals surface area contributed by atoms with Crippen LogP contribution in [0.4, 0.5) is 0 Å². The van der Waals surface area contributed by atoms with Gasteiger partial charge in [-0.25, -0.2) is 8.42 Å². The zero-order valence-electron chi connectivity index (χ0n) is 9.53. The fraction of sp³-hybridized carbons (Fsp3) is 0.167. The minimum atomic E-state index is -4.62. The Balaban J connectivity index is 2.52. The van der Waals surface area contributed by atoms with Gasteiger partial charge in [0.05, 0.1) is 7.11 Å². The molecule has 0 bridgehead atoms. The molecule has 96 valence electrons. The van der Waals surface area contributed by atoms with Crippen LogP contribution in [0.2, 0.25) is 0 Å². The molecule has 2 aromatic carbocycles. The lowest BCUT2D eigenvalue weighted by atomic mass is 10.1. The Hall–Kier alpha value is -1.63. The average molecular weight is 267 g/mol. The van der Waals surface area contributed by atoms with E-state index < -0.39 is 15.6 Å². The predicted octanol–water partition coefficient (Wildman–Crippen LogP) is 1.10. The molecule has 0 radical (unpaired) electrons. The second-order valence-corrected chi connectivity index (χ2v) is 5.28. The van der Waals surface area contributed by atoms with Crippen LogP contribution in [0.5, 0.6) is 5.75 Å². The number of rotatable bonds is 3. The van der Waals surface area contributed by atoms with Gasteiger partial charge in [-0.3, -0.25) is 4.55 Å². The minimum Gasteiger partial charge on any atom is -0.835 e. The van der Waals surface area contributed by atoms with E-state index in [0.717, 1.165) is 5.39 Å². The highest BCUT2D eigenvalue weighted by Crippen LogP contribution is 2.24. The SMILES string of the molecule is COc1ccc2cc(C([O-])S(=O)(=O)O)ccc2c1. The van der Waals surface area contributed by atoms with Crippen LogP contribution in [-0.2, 0) is 10.1 Å². The summed E-state index contributed by atoms with van der Waals surface area (Å²) in [5.41, 5.74) is -2.17. The molecule has 5 nitrogen and oxygen atoms in total. The predicted molar refractivity (Wildman–Crippen MR) is 64.8 cm³/mol. The van der Waals surface area contributed by atoms with Crippen molar-refractivity contribution in [2.24, 2.45) is 0 Å². The first-order valence-corrected chi connectivity index (χ1v) is 6.62. The van der Waals surface area contributed by atoms with Gasteiger partial charge in [-0.1, -0.05) is 24.3 Å². The standard InChI is InChI=1S/C12H11O5S/c1-17-11-5-4-8-6-10(3-2-9(8)7-11)12(13)18(14,15)16/h2-7,12H,1H3,(H,14,15,16)/q-1. The van der Waals surface area contributed by atoms with Crippen molar-refractivity contribution in [3.8, 4) is 5.75 Å². The van der Waals surface area contributed by atoms with Gasteiger partial charge in [0.25, 0.3) is 10.1 Å². The third-order valence-electron chi connectivity index (χ3n) is 2.61. The molecule has 18 heavy (non-hydrogen) atoms. The fourth-order valence-corrected chi connectivity index (χ4v) is 2.18. The van der Waals surface area contributed by atoms with Crippen molar-refractivity contribution in [1.29, 1.82) is 0 Å². The minimum absolute atomic E-state index is 0.00941. The maximum Gasteiger partial charge on any atom is 0.256 e. The summed E-state index contributed by atoms with van der Waals surface area (Å²) in [7, 11) is -3.07. The quantitative estimate of drug-likeness (QED) is 0.841. The zero-order valence-corrected chi connectivity index (χ0v) is 10.3. The third-order valence-corrected chi connectivity index (χ3v) is 3.43. The molecule has 0 spiro atoms. The number of benzene rings is 2. The molecule has 0 amide bonds.